The van der Waals surface area contributed by atoms with Crippen LogP contribution >= 0.6 is 0 Å². The highest BCUT2D eigenvalue weighted by atomic mass is 16.6. The van der Waals surface area contributed by atoms with Gasteiger partial charge in [0, 0.05) is 39.4 Å². The quantitative estimate of drug-likeness (QED) is 0.757. The van der Waals surface area contributed by atoms with Gasteiger partial charge in [0.25, 0.3) is 5.91 Å². The Kier molecular flexibility index (Phi) is 7.03. The number of aromatic nitrogens is 2. The molecule has 0 aliphatic carbocycles. The molecule has 10 nitrogen and oxygen atoms in total. The molecule has 1 fully saturated rings. The minimum absolute atomic E-state index is 0.0281. The predicted molar refractivity (Wildman–Crippen MR) is 96.5 cm³/mol. The summed E-state index contributed by atoms with van der Waals surface area (Å²) in [6.07, 6.45) is 2.54. The van der Waals surface area contributed by atoms with Crippen molar-refractivity contribution >= 4 is 17.9 Å². The number of carbonyl (C=O) groups excluding carboxylic acids is 3. The number of amides is 3. The number of nitrogens with zero attached hydrogens (tertiary/aromatic N) is 4. The average molecular weight is 381 g/mol. The van der Waals surface area contributed by atoms with Crippen molar-refractivity contribution in [3.05, 3.63) is 11.8 Å². The van der Waals surface area contributed by atoms with Gasteiger partial charge in [-0.2, -0.15) is 0 Å². The molecule has 0 atom stereocenters. The number of rotatable bonds is 6. The van der Waals surface area contributed by atoms with Gasteiger partial charge in [-0.25, -0.2) is 4.79 Å². The van der Waals surface area contributed by atoms with E-state index in [1.165, 1.54) is 16.7 Å². The van der Waals surface area contributed by atoms with Gasteiger partial charge in [-0.3, -0.25) is 14.3 Å². The van der Waals surface area contributed by atoms with E-state index in [0.717, 1.165) is 0 Å². The second-order valence-electron chi connectivity index (χ2n) is 6.41. The monoisotopic (exact) mass is 381 g/mol. The number of likely N-dealkylation sites (tertiary alicyclic amines) is 1. The lowest BCUT2D eigenvalue weighted by Gasteiger charge is -2.31. The summed E-state index contributed by atoms with van der Waals surface area (Å²) in [6, 6.07) is -0.0281. The summed E-state index contributed by atoms with van der Waals surface area (Å²) in [5.74, 6) is -0.364. The molecule has 0 saturated carbocycles. The lowest BCUT2D eigenvalue weighted by Crippen LogP contribution is -2.49. The Hall–Kier alpha value is -2.78. The molecule has 1 aromatic rings. The van der Waals surface area contributed by atoms with Crippen LogP contribution < -0.4 is 10.1 Å². The van der Waals surface area contributed by atoms with Crippen LogP contribution in [-0.4, -0.2) is 83.9 Å². The van der Waals surface area contributed by atoms with E-state index in [1.807, 2.05) is 0 Å². The Labute approximate surface area is 158 Å². The lowest BCUT2D eigenvalue weighted by molar-refractivity contribution is -0.122. The van der Waals surface area contributed by atoms with Crippen molar-refractivity contribution in [2.24, 2.45) is 7.05 Å². The van der Waals surface area contributed by atoms with E-state index in [1.54, 1.807) is 32.1 Å². The van der Waals surface area contributed by atoms with Crippen molar-refractivity contribution in [1.29, 1.82) is 0 Å². The van der Waals surface area contributed by atoms with Crippen LogP contribution in [0.25, 0.3) is 0 Å². The van der Waals surface area contributed by atoms with Crippen LogP contribution in [0.4, 0.5) is 4.79 Å². The topological polar surface area (TPSA) is 106 Å². The molecule has 1 saturated heterocycles. The molecule has 27 heavy (non-hydrogen) atoms. The molecule has 150 valence electrons. The zero-order valence-electron chi connectivity index (χ0n) is 16.2. The maximum absolute atomic E-state index is 12.5. The summed E-state index contributed by atoms with van der Waals surface area (Å²) in [7, 11) is 4.68. The molecule has 0 unspecified atom stereocenters. The Morgan fingerprint density at radius 3 is 2.59 bits per heavy atom. The maximum atomic E-state index is 12.5. The van der Waals surface area contributed by atoms with Gasteiger partial charge < -0.3 is 24.6 Å². The molecule has 0 bridgehead atoms. The van der Waals surface area contributed by atoms with Crippen molar-refractivity contribution in [3.8, 4) is 5.88 Å². The van der Waals surface area contributed by atoms with Crippen LogP contribution in [0.1, 0.15) is 30.1 Å². The lowest BCUT2D eigenvalue weighted by atomic mass is 10.1. The molecule has 2 heterocycles. The van der Waals surface area contributed by atoms with Gasteiger partial charge >= 0.3 is 6.09 Å². The third-order valence-electron chi connectivity index (χ3n) is 4.33. The van der Waals surface area contributed by atoms with Gasteiger partial charge in [-0.1, -0.05) is 0 Å². The zero-order valence-corrected chi connectivity index (χ0v) is 16.2. The van der Waals surface area contributed by atoms with E-state index >= 15 is 0 Å². The molecule has 0 radical (unpaired) electrons. The molecule has 1 N–H and O–H groups in total. The van der Waals surface area contributed by atoms with Gasteiger partial charge in [0.15, 0.2) is 0 Å². The standard InChI is InChI=1S/C17H27N5O5/c1-5-27-17(25)22-8-6-12(7-9-22)18-14(23)11-20(2)16(24)13-10-21(3)19-15(13)26-4/h10,12H,5-9,11H2,1-4H3,(H,18,23). The van der Waals surface area contributed by atoms with Crippen LogP contribution in [0.2, 0.25) is 0 Å². The number of methoxy groups -OCH3 is 1. The largest absolute Gasteiger partial charge is 0.479 e. The fourth-order valence-corrected chi connectivity index (χ4v) is 2.95. The second-order valence-corrected chi connectivity index (χ2v) is 6.41. The normalized spacial score (nSPS) is 14.6. The van der Waals surface area contributed by atoms with Crippen molar-refractivity contribution in [1.82, 2.24) is 24.9 Å². The third kappa shape index (κ3) is 5.35. The molecule has 3 amide bonds. The van der Waals surface area contributed by atoms with Gasteiger partial charge in [0.05, 0.1) is 20.3 Å². The first kappa shape index (κ1) is 20.5. The van der Waals surface area contributed by atoms with E-state index in [-0.39, 0.29) is 36.4 Å². The zero-order chi connectivity index (χ0) is 20.0. The van der Waals surface area contributed by atoms with E-state index in [0.29, 0.717) is 38.1 Å². The van der Waals surface area contributed by atoms with Crippen LogP contribution in [0.15, 0.2) is 6.20 Å². The summed E-state index contributed by atoms with van der Waals surface area (Å²) in [4.78, 5) is 39.4. The number of hydrogen-bond acceptors (Lipinski definition) is 6. The average Bonchev–Trinajstić information content (AvgIpc) is 3.02. The molecule has 2 rings (SSSR count). The first-order valence-corrected chi connectivity index (χ1v) is 8.89. The fraction of sp³-hybridized carbons (Fsp3) is 0.647. The molecule has 1 aromatic heterocycles. The fourth-order valence-electron chi connectivity index (χ4n) is 2.95. The summed E-state index contributed by atoms with van der Waals surface area (Å²) >= 11 is 0. The summed E-state index contributed by atoms with van der Waals surface area (Å²) < 4.78 is 11.5. The minimum Gasteiger partial charge on any atom is -0.479 e. The Bertz CT molecular complexity index is 681. The summed E-state index contributed by atoms with van der Waals surface area (Å²) in [5, 5.41) is 6.96. The van der Waals surface area contributed by atoms with E-state index in [2.05, 4.69) is 10.4 Å². The van der Waals surface area contributed by atoms with Crippen molar-refractivity contribution in [2.75, 3.05) is 40.4 Å². The number of piperidine rings is 1. The Morgan fingerprint density at radius 1 is 1.33 bits per heavy atom. The van der Waals surface area contributed by atoms with E-state index < -0.39 is 0 Å². The molecule has 0 spiro atoms. The second kappa shape index (κ2) is 9.24. The Morgan fingerprint density at radius 2 is 2.00 bits per heavy atom. The highest BCUT2D eigenvalue weighted by Crippen LogP contribution is 2.16. The highest BCUT2D eigenvalue weighted by molar-refractivity contribution is 5.98. The van der Waals surface area contributed by atoms with Crippen molar-refractivity contribution in [3.63, 3.8) is 0 Å². The molecule has 0 aromatic carbocycles. The molecular weight excluding hydrogens is 354 g/mol. The first-order chi connectivity index (χ1) is 12.8. The van der Waals surface area contributed by atoms with Crippen LogP contribution in [0, 0.1) is 0 Å². The molecule has 1 aliphatic heterocycles. The van der Waals surface area contributed by atoms with Crippen LogP contribution in [0.3, 0.4) is 0 Å². The van der Waals surface area contributed by atoms with Crippen LogP contribution in [-0.2, 0) is 16.6 Å². The van der Waals surface area contributed by atoms with Gasteiger partial charge in [-0.15, -0.1) is 5.10 Å². The number of nitrogens with one attached hydrogen (secondary N) is 1. The summed E-state index contributed by atoms with van der Waals surface area (Å²) in [5.41, 5.74) is 0.304. The SMILES string of the molecule is CCOC(=O)N1CCC(NC(=O)CN(C)C(=O)c2cn(C)nc2OC)CC1. The van der Waals surface area contributed by atoms with Crippen molar-refractivity contribution in [2.45, 2.75) is 25.8 Å². The van der Waals surface area contributed by atoms with Gasteiger partial charge in [0.1, 0.15) is 5.56 Å². The molecular formula is C17H27N5O5. The van der Waals surface area contributed by atoms with Gasteiger partial charge in [-0.05, 0) is 19.8 Å². The molecule has 10 heteroatoms. The maximum Gasteiger partial charge on any atom is 0.409 e. The minimum atomic E-state index is -0.341. The summed E-state index contributed by atoms with van der Waals surface area (Å²) in [6.45, 7) is 3.10. The Balaban J connectivity index is 1.82. The van der Waals surface area contributed by atoms with E-state index in [4.69, 9.17) is 9.47 Å². The first-order valence-electron chi connectivity index (χ1n) is 8.89. The number of carbonyl (C=O) groups is 3. The molecule has 1 aliphatic rings. The number of ether oxygens (including phenoxy) is 2. The third-order valence-corrected chi connectivity index (χ3v) is 4.33. The highest BCUT2D eigenvalue weighted by Gasteiger charge is 2.26. The number of aryl methyl sites for hydroxylation is 1. The number of likely N-dealkylation sites (N-methyl/N-ethyl adjacent to an activating group) is 1. The van der Waals surface area contributed by atoms with Gasteiger partial charge in [0.2, 0.25) is 11.8 Å². The smallest absolute Gasteiger partial charge is 0.409 e. The van der Waals surface area contributed by atoms with Crippen LogP contribution in [0.5, 0.6) is 5.88 Å². The van der Waals surface area contributed by atoms with Crippen molar-refractivity contribution < 1.29 is 23.9 Å². The number of hydrogen-bond donors (Lipinski definition) is 1. The van der Waals surface area contributed by atoms with E-state index in [9.17, 15) is 14.4 Å². The predicted octanol–water partition coefficient (Wildman–Crippen LogP) is 0.238.